The molecule has 1 amide bonds. The molecule has 6 nitrogen and oxygen atoms in total. The minimum atomic E-state index is -4.38. The number of benzene rings is 2. The Morgan fingerprint density at radius 2 is 1.71 bits per heavy atom. The summed E-state index contributed by atoms with van der Waals surface area (Å²) in [6, 6.07) is 15.1. The Morgan fingerprint density at radius 1 is 1.00 bits per heavy atom. The first-order valence-electron chi connectivity index (χ1n) is 13.9. The SMILES string of the molecule is CN(c1cc(Cl)nc(SCc2ccc(C(=O)N3CCN(c4cccc(C(F)(F)F)c4)CC3)cc2)n1)C1CCCCC1. The van der Waals surface area contributed by atoms with Gasteiger partial charge in [0.2, 0.25) is 0 Å². The molecule has 11 heteroatoms. The number of piperazine rings is 1. The van der Waals surface area contributed by atoms with Gasteiger partial charge in [0.1, 0.15) is 11.0 Å². The third-order valence-corrected chi connectivity index (χ3v) is 8.93. The van der Waals surface area contributed by atoms with E-state index in [0.29, 0.717) is 59.5 Å². The van der Waals surface area contributed by atoms with E-state index in [4.69, 9.17) is 16.6 Å². The number of nitrogens with zero attached hydrogens (tertiary/aromatic N) is 5. The molecule has 1 aliphatic heterocycles. The number of aromatic nitrogens is 2. The minimum absolute atomic E-state index is 0.0820. The molecule has 1 aromatic heterocycles. The molecule has 2 aromatic carbocycles. The van der Waals surface area contributed by atoms with Crippen molar-refractivity contribution in [2.45, 2.75) is 55.2 Å². The van der Waals surface area contributed by atoms with Gasteiger partial charge in [0, 0.05) is 62.3 Å². The molecule has 0 radical (unpaired) electrons. The molecule has 1 saturated carbocycles. The number of rotatable bonds is 7. The third kappa shape index (κ3) is 7.46. The zero-order valence-electron chi connectivity index (χ0n) is 22.9. The number of carbonyl (C=O) groups excluding carboxylic acids is 1. The molecule has 2 heterocycles. The van der Waals surface area contributed by atoms with Crippen molar-refractivity contribution < 1.29 is 18.0 Å². The van der Waals surface area contributed by atoms with Crippen LogP contribution in [-0.4, -0.2) is 60.0 Å². The van der Waals surface area contributed by atoms with Gasteiger partial charge in [-0.3, -0.25) is 4.79 Å². The number of amides is 1. The van der Waals surface area contributed by atoms with Crippen LogP contribution in [0.15, 0.2) is 59.8 Å². The molecule has 5 rings (SSSR count). The quantitative estimate of drug-likeness (QED) is 0.162. The zero-order valence-corrected chi connectivity index (χ0v) is 24.5. The van der Waals surface area contributed by atoms with Crippen molar-refractivity contribution in [3.05, 3.63) is 76.4 Å². The molecule has 2 fully saturated rings. The van der Waals surface area contributed by atoms with E-state index < -0.39 is 11.7 Å². The number of carbonyl (C=O) groups is 1. The van der Waals surface area contributed by atoms with Gasteiger partial charge in [-0.05, 0) is 48.7 Å². The molecule has 41 heavy (non-hydrogen) atoms. The largest absolute Gasteiger partial charge is 0.416 e. The average Bonchev–Trinajstić information content (AvgIpc) is 2.99. The Hall–Kier alpha value is -2.98. The molecule has 1 saturated heterocycles. The van der Waals surface area contributed by atoms with Crippen LogP contribution in [0, 0.1) is 0 Å². The van der Waals surface area contributed by atoms with E-state index in [1.165, 1.54) is 43.2 Å². The summed E-state index contributed by atoms with van der Waals surface area (Å²) < 4.78 is 39.3. The fraction of sp³-hybridized carbons (Fsp3) is 0.433. The van der Waals surface area contributed by atoms with Crippen molar-refractivity contribution in [1.29, 1.82) is 0 Å². The fourth-order valence-corrected chi connectivity index (χ4v) is 6.44. The molecular weight excluding hydrogens is 571 g/mol. The van der Waals surface area contributed by atoms with Gasteiger partial charge in [-0.25, -0.2) is 9.97 Å². The summed E-state index contributed by atoms with van der Waals surface area (Å²) >= 11 is 7.84. The number of thioether (sulfide) groups is 1. The maximum Gasteiger partial charge on any atom is 0.416 e. The zero-order chi connectivity index (χ0) is 29.0. The highest BCUT2D eigenvalue weighted by molar-refractivity contribution is 7.98. The lowest BCUT2D eigenvalue weighted by molar-refractivity contribution is -0.137. The molecule has 218 valence electrons. The summed E-state index contributed by atoms with van der Waals surface area (Å²) in [4.78, 5) is 28.1. The normalized spacial score (nSPS) is 16.6. The Kier molecular flexibility index (Phi) is 9.28. The second-order valence-corrected chi connectivity index (χ2v) is 11.9. The number of anilines is 2. The summed E-state index contributed by atoms with van der Waals surface area (Å²) in [5, 5.41) is 1.04. The van der Waals surface area contributed by atoms with Crippen molar-refractivity contribution in [3.8, 4) is 0 Å². The van der Waals surface area contributed by atoms with E-state index in [2.05, 4.69) is 16.9 Å². The van der Waals surface area contributed by atoms with Crippen LogP contribution in [0.3, 0.4) is 0 Å². The number of hydrogen-bond acceptors (Lipinski definition) is 6. The Morgan fingerprint density at radius 3 is 2.39 bits per heavy atom. The van der Waals surface area contributed by atoms with Crippen molar-refractivity contribution in [2.75, 3.05) is 43.0 Å². The van der Waals surface area contributed by atoms with Crippen LogP contribution >= 0.6 is 23.4 Å². The molecule has 0 bridgehead atoms. The Bertz CT molecular complexity index is 1340. The number of halogens is 4. The van der Waals surface area contributed by atoms with E-state index in [1.807, 2.05) is 35.2 Å². The lowest BCUT2D eigenvalue weighted by Gasteiger charge is -2.36. The molecule has 3 aromatic rings. The van der Waals surface area contributed by atoms with Crippen LogP contribution in [-0.2, 0) is 11.9 Å². The summed E-state index contributed by atoms with van der Waals surface area (Å²) in [5.41, 5.74) is 1.47. The van der Waals surface area contributed by atoms with Crippen LogP contribution in [0.4, 0.5) is 24.7 Å². The molecular formula is C30H33ClF3N5OS. The maximum atomic E-state index is 13.1. The van der Waals surface area contributed by atoms with Gasteiger partial charge in [0.15, 0.2) is 5.16 Å². The fourth-order valence-electron chi connectivity index (χ4n) is 5.41. The Balaban J connectivity index is 1.15. The van der Waals surface area contributed by atoms with Crippen molar-refractivity contribution in [2.24, 2.45) is 0 Å². The molecule has 0 N–H and O–H groups in total. The maximum absolute atomic E-state index is 13.1. The Labute approximate surface area is 247 Å². The van der Waals surface area contributed by atoms with Gasteiger partial charge in [0.05, 0.1) is 5.56 Å². The molecule has 0 atom stereocenters. The van der Waals surface area contributed by atoms with Crippen molar-refractivity contribution in [1.82, 2.24) is 14.9 Å². The van der Waals surface area contributed by atoms with Crippen molar-refractivity contribution in [3.63, 3.8) is 0 Å². The van der Waals surface area contributed by atoms with E-state index in [9.17, 15) is 18.0 Å². The summed E-state index contributed by atoms with van der Waals surface area (Å²) in [6.07, 6.45) is 1.72. The second kappa shape index (κ2) is 12.9. The average molecular weight is 604 g/mol. The smallest absolute Gasteiger partial charge is 0.368 e. The first-order valence-corrected chi connectivity index (χ1v) is 15.2. The third-order valence-electron chi connectivity index (χ3n) is 7.82. The summed E-state index contributed by atoms with van der Waals surface area (Å²) in [7, 11) is 2.07. The van der Waals surface area contributed by atoms with E-state index in [-0.39, 0.29) is 5.91 Å². The van der Waals surface area contributed by atoms with Gasteiger partial charge in [0.25, 0.3) is 5.91 Å². The monoisotopic (exact) mass is 603 g/mol. The van der Waals surface area contributed by atoms with Crippen LogP contribution in [0.2, 0.25) is 5.15 Å². The van der Waals surface area contributed by atoms with Crippen LogP contribution in [0.1, 0.15) is 53.6 Å². The highest BCUT2D eigenvalue weighted by atomic mass is 35.5. The first kappa shape index (κ1) is 29.5. The van der Waals surface area contributed by atoms with E-state index >= 15 is 0 Å². The second-order valence-electron chi connectivity index (χ2n) is 10.5. The van der Waals surface area contributed by atoms with Gasteiger partial charge < -0.3 is 14.7 Å². The highest BCUT2D eigenvalue weighted by Gasteiger charge is 2.31. The first-order chi connectivity index (χ1) is 19.7. The standard InChI is InChI=1S/C30H33ClF3N5OS/c1-37(24-7-3-2-4-8-24)27-19-26(31)35-29(36-27)41-20-21-10-12-22(13-11-21)28(40)39-16-14-38(15-17-39)25-9-5-6-23(18-25)30(32,33)34/h5-6,9-13,18-19,24H,2-4,7-8,14-17,20H2,1H3. The summed E-state index contributed by atoms with van der Waals surface area (Å²) in [5.74, 6) is 1.40. The van der Waals surface area contributed by atoms with Gasteiger partial charge in [-0.2, -0.15) is 13.2 Å². The van der Waals surface area contributed by atoms with Gasteiger partial charge >= 0.3 is 6.18 Å². The minimum Gasteiger partial charge on any atom is -0.368 e. The lowest BCUT2D eigenvalue weighted by atomic mass is 9.94. The molecule has 1 aliphatic carbocycles. The van der Waals surface area contributed by atoms with Gasteiger partial charge in [-0.15, -0.1) is 0 Å². The van der Waals surface area contributed by atoms with Crippen molar-refractivity contribution >= 4 is 40.8 Å². The molecule has 0 unspecified atom stereocenters. The van der Waals surface area contributed by atoms with Gasteiger partial charge in [-0.1, -0.05) is 60.8 Å². The van der Waals surface area contributed by atoms with Crippen LogP contribution in [0.25, 0.3) is 0 Å². The lowest BCUT2D eigenvalue weighted by Crippen LogP contribution is -2.48. The van der Waals surface area contributed by atoms with E-state index in [1.54, 1.807) is 11.0 Å². The van der Waals surface area contributed by atoms with E-state index in [0.717, 1.165) is 30.3 Å². The topological polar surface area (TPSA) is 52.6 Å². The van der Waals surface area contributed by atoms with Crippen LogP contribution in [0.5, 0.6) is 0 Å². The predicted octanol–water partition coefficient (Wildman–Crippen LogP) is 7.17. The molecule has 2 aliphatic rings. The molecule has 0 spiro atoms. The predicted molar refractivity (Wildman–Crippen MR) is 158 cm³/mol. The highest BCUT2D eigenvalue weighted by Crippen LogP contribution is 2.32. The number of hydrogen-bond donors (Lipinski definition) is 0. The summed E-state index contributed by atoms with van der Waals surface area (Å²) in [6.45, 7) is 1.82. The number of alkyl halides is 3. The van der Waals surface area contributed by atoms with Crippen LogP contribution < -0.4 is 9.80 Å².